The van der Waals surface area contributed by atoms with Crippen LogP contribution in [0.25, 0.3) is 0 Å². The van der Waals surface area contributed by atoms with E-state index in [9.17, 15) is 4.79 Å². The Morgan fingerprint density at radius 1 is 1.18 bits per heavy atom. The number of hydrogen-bond donors (Lipinski definition) is 0. The molecule has 0 spiro atoms. The van der Waals surface area contributed by atoms with E-state index in [2.05, 4.69) is 4.67 Å². The van der Waals surface area contributed by atoms with Crippen LogP contribution in [0.1, 0.15) is 12.8 Å². The van der Waals surface area contributed by atoms with Gasteiger partial charge in [-0.3, -0.25) is 4.79 Å². The molecule has 17 heavy (non-hydrogen) atoms. The summed E-state index contributed by atoms with van der Waals surface area (Å²) in [6.07, 6.45) is 8.25. The van der Waals surface area contributed by atoms with E-state index in [1.54, 1.807) is 18.6 Å². The Balaban J connectivity index is 1.68. The fraction of sp³-hybridized carbons (Fsp3) is 0.167. The molecule has 0 N–H and O–H groups in total. The molecule has 4 aliphatic heterocycles. The lowest BCUT2D eigenvalue weighted by atomic mass is 10.2. The number of ether oxygens (including phenoxy) is 2. The molecule has 0 aromatic rings. The second-order valence-corrected chi connectivity index (χ2v) is 4.18. The van der Waals surface area contributed by atoms with E-state index in [0.29, 0.717) is 12.2 Å². The molecule has 0 amide bonds. The third-order valence-electron chi connectivity index (χ3n) is 3.02. The molecule has 4 aliphatic rings. The fourth-order valence-electron chi connectivity index (χ4n) is 2.20. The van der Waals surface area contributed by atoms with Crippen molar-refractivity contribution < 1.29 is 18.8 Å². The third kappa shape index (κ3) is 1.17. The SMILES string of the molecule is O=C1CC2=C[N+](=C3CC4=C(C=[N+]=C4)O3)C=C2O1. The molecule has 82 valence electrons. The van der Waals surface area contributed by atoms with Crippen molar-refractivity contribution in [3.05, 3.63) is 35.1 Å². The van der Waals surface area contributed by atoms with E-state index >= 15 is 0 Å². The van der Waals surface area contributed by atoms with Crippen LogP contribution in [-0.2, 0) is 14.3 Å². The molecular weight excluding hydrogens is 220 g/mol. The Hall–Kier alpha value is -2.39. The van der Waals surface area contributed by atoms with E-state index in [1.165, 1.54) is 0 Å². The smallest absolute Gasteiger partial charge is 0.357 e. The van der Waals surface area contributed by atoms with Crippen molar-refractivity contribution in [3.8, 4) is 0 Å². The molecule has 0 bridgehead atoms. The highest BCUT2D eigenvalue weighted by Gasteiger charge is 2.38. The van der Waals surface area contributed by atoms with Gasteiger partial charge in [0.2, 0.25) is 17.7 Å². The van der Waals surface area contributed by atoms with Gasteiger partial charge in [0.05, 0.1) is 17.6 Å². The van der Waals surface area contributed by atoms with E-state index in [0.717, 1.165) is 29.2 Å². The van der Waals surface area contributed by atoms with Gasteiger partial charge in [0.1, 0.15) is 6.42 Å². The van der Waals surface area contributed by atoms with E-state index in [1.807, 2.05) is 10.8 Å². The first-order chi connectivity index (χ1) is 8.29. The maximum absolute atomic E-state index is 11.1. The Labute approximate surface area is 96.4 Å². The van der Waals surface area contributed by atoms with Crippen LogP contribution >= 0.6 is 0 Å². The Kier molecular flexibility index (Phi) is 1.46. The molecule has 4 rings (SSSR count). The van der Waals surface area contributed by atoms with Crippen LogP contribution in [0, 0.1) is 0 Å². The van der Waals surface area contributed by atoms with Crippen molar-refractivity contribution in [2.75, 3.05) is 0 Å². The monoisotopic (exact) mass is 228 g/mol. The number of rotatable bonds is 0. The van der Waals surface area contributed by atoms with Gasteiger partial charge in [0, 0.05) is 0 Å². The normalized spacial score (nSPS) is 28.1. The van der Waals surface area contributed by atoms with Gasteiger partial charge in [0.15, 0.2) is 6.20 Å². The molecule has 0 atom stereocenters. The van der Waals surface area contributed by atoms with Crippen molar-refractivity contribution in [3.63, 3.8) is 0 Å². The van der Waals surface area contributed by atoms with Crippen LogP contribution in [-0.4, -0.2) is 28.9 Å². The van der Waals surface area contributed by atoms with E-state index in [-0.39, 0.29) is 5.97 Å². The van der Waals surface area contributed by atoms with Gasteiger partial charge >= 0.3 is 24.3 Å². The van der Waals surface area contributed by atoms with Crippen molar-refractivity contribution in [2.24, 2.45) is 0 Å². The lowest BCUT2D eigenvalue weighted by Gasteiger charge is -1.93. The summed E-state index contributed by atoms with van der Waals surface area (Å²) in [7, 11) is 0. The maximum atomic E-state index is 11.1. The summed E-state index contributed by atoms with van der Waals surface area (Å²) in [5, 5.41) is 0. The van der Waals surface area contributed by atoms with Gasteiger partial charge in [-0.15, -0.1) is 4.58 Å². The van der Waals surface area contributed by atoms with Crippen molar-refractivity contribution in [2.45, 2.75) is 12.8 Å². The molecule has 1 saturated heterocycles. The molecule has 0 aromatic heterocycles. The summed E-state index contributed by atoms with van der Waals surface area (Å²) >= 11 is 0. The minimum atomic E-state index is -0.194. The number of nitrogens with zero attached hydrogens (tertiary/aromatic N) is 2. The Morgan fingerprint density at radius 3 is 2.94 bits per heavy atom. The van der Waals surface area contributed by atoms with Crippen LogP contribution < -0.4 is 4.67 Å². The van der Waals surface area contributed by atoms with Gasteiger partial charge in [0.25, 0.3) is 0 Å². The molecule has 0 radical (unpaired) electrons. The van der Waals surface area contributed by atoms with E-state index < -0.39 is 0 Å². The van der Waals surface area contributed by atoms with Crippen molar-refractivity contribution in [1.29, 1.82) is 0 Å². The topological polar surface area (TPSA) is 52.6 Å². The quantitative estimate of drug-likeness (QED) is 0.332. The minimum absolute atomic E-state index is 0.194. The predicted molar refractivity (Wildman–Crippen MR) is 59.1 cm³/mol. The number of fused-ring (bicyclic) bond motifs is 1. The van der Waals surface area contributed by atoms with Gasteiger partial charge in [-0.1, -0.05) is 4.67 Å². The van der Waals surface area contributed by atoms with Crippen LogP contribution in [0.5, 0.6) is 0 Å². The first-order valence-corrected chi connectivity index (χ1v) is 5.35. The molecule has 4 heterocycles. The highest BCUT2D eigenvalue weighted by atomic mass is 16.5. The standard InChI is InChI=1S/C12H8N2O3/c15-12-2-8-5-14(6-10(8)17-12)11-1-7-3-13-4-9(7)16-11/h3-6H,1-2H2/q+2. The van der Waals surface area contributed by atoms with Gasteiger partial charge in [-0.25, -0.2) is 0 Å². The molecule has 0 unspecified atom stereocenters. The fourth-order valence-corrected chi connectivity index (χ4v) is 2.20. The summed E-state index contributed by atoms with van der Waals surface area (Å²) in [6, 6.07) is 0. The number of esters is 1. The highest BCUT2D eigenvalue weighted by molar-refractivity contribution is 6.04. The average Bonchev–Trinajstić information content (AvgIpc) is 2.90. The second kappa shape index (κ2) is 2.84. The van der Waals surface area contributed by atoms with E-state index in [4.69, 9.17) is 9.47 Å². The van der Waals surface area contributed by atoms with Gasteiger partial charge < -0.3 is 9.47 Å². The van der Waals surface area contributed by atoms with Crippen LogP contribution in [0.4, 0.5) is 0 Å². The maximum Gasteiger partial charge on any atom is 0.357 e. The Bertz CT molecular complexity index is 607. The summed E-state index contributed by atoms with van der Waals surface area (Å²) < 4.78 is 16.6. The zero-order chi connectivity index (χ0) is 11.4. The summed E-state index contributed by atoms with van der Waals surface area (Å²) in [4.78, 5) is 11.1. The zero-order valence-corrected chi connectivity index (χ0v) is 8.84. The highest BCUT2D eigenvalue weighted by Crippen LogP contribution is 2.30. The molecule has 0 aromatic carbocycles. The first-order valence-electron chi connectivity index (χ1n) is 5.35. The van der Waals surface area contributed by atoms with Gasteiger partial charge in [-0.2, -0.15) is 0 Å². The van der Waals surface area contributed by atoms with Crippen LogP contribution in [0.2, 0.25) is 0 Å². The lowest BCUT2D eigenvalue weighted by molar-refractivity contribution is -0.387. The molecule has 0 saturated carbocycles. The molecule has 5 nitrogen and oxygen atoms in total. The molecule has 5 heteroatoms. The number of carbonyl (C=O) groups is 1. The number of hydrogen-bond acceptors (Lipinski definition) is 3. The molecule has 0 aliphatic carbocycles. The zero-order valence-electron chi connectivity index (χ0n) is 8.84. The van der Waals surface area contributed by atoms with Crippen LogP contribution in [0.15, 0.2) is 35.1 Å². The predicted octanol–water partition coefficient (Wildman–Crippen LogP) is -0.0200. The summed E-state index contributed by atoms with van der Waals surface area (Å²) in [5.41, 5.74) is 2.00. The number of allylic oxidation sites excluding steroid dienone is 2. The summed E-state index contributed by atoms with van der Waals surface area (Å²) in [5.74, 6) is 2.07. The van der Waals surface area contributed by atoms with Gasteiger partial charge in [-0.05, 0) is 0 Å². The third-order valence-corrected chi connectivity index (χ3v) is 3.02. The number of carbonyl (C=O) groups excluding carboxylic acids is 1. The molecular formula is C12H8N2O3+2. The molecule has 1 fully saturated rings. The lowest BCUT2D eigenvalue weighted by Crippen LogP contribution is -2.11. The first kappa shape index (κ1) is 8.73. The van der Waals surface area contributed by atoms with Crippen LogP contribution in [0.3, 0.4) is 0 Å². The van der Waals surface area contributed by atoms with Crippen molar-refractivity contribution in [1.82, 2.24) is 4.67 Å². The minimum Gasteiger partial charge on any atom is -0.419 e. The largest absolute Gasteiger partial charge is 0.419 e. The van der Waals surface area contributed by atoms with Crippen molar-refractivity contribution >= 4 is 24.3 Å². The summed E-state index contributed by atoms with van der Waals surface area (Å²) in [6.45, 7) is 0. The Morgan fingerprint density at radius 2 is 2.12 bits per heavy atom. The average molecular weight is 228 g/mol. The second-order valence-electron chi connectivity index (χ2n) is 4.18.